The Kier molecular flexibility index (Phi) is 5.21. The van der Waals surface area contributed by atoms with Crippen molar-refractivity contribution in [2.45, 2.75) is 3.79 Å². The second-order valence-corrected chi connectivity index (χ2v) is 7.23. The van der Waals surface area contributed by atoms with Gasteiger partial charge in [0.1, 0.15) is 17.4 Å². The van der Waals surface area contributed by atoms with Crippen LogP contribution >= 0.6 is 46.1 Å². The van der Waals surface area contributed by atoms with Crippen molar-refractivity contribution in [1.82, 2.24) is 10.2 Å². The maximum absolute atomic E-state index is 12.8. The summed E-state index contributed by atoms with van der Waals surface area (Å²) >= 11 is 17.4. The minimum Gasteiger partial charge on any atom is -0.445 e. The van der Waals surface area contributed by atoms with E-state index in [9.17, 15) is 9.18 Å². The number of carbonyl (C=O) groups is 1. The van der Waals surface area contributed by atoms with Crippen LogP contribution in [0.15, 0.2) is 24.3 Å². The summed E-state index contributed by atoms with van der Waals surface area (Å²) in [7, 11) is 0. The number of amides is 1. The topological polar surface area (TPSA) is 64.1 Å². The summed E-state index contributed by atoms with van der Waals surface area (Å²) in [6.07, 6.45) is -0.817. The Hall–Kier alpha value is -1.15. The lowest BCUT2D eigenvalue weighted by Crippen LogP contribution is -2.21. The molecule has 112 valence electrons. The van der Waals surface area contributed by atoms with Crippen LogP contribution in [-0.2, 0) is 4.74 Å². The number of halogens is 4. The van der Waals surface area contributed by atoms with E-state index in [1.807, 2.05) is 0 Å². The summed E-state index contributed by atoms with van der Waals surface area (Å²) in [5.74, 6) is -0.350. The van der Waals surface area contributed by atoms with E-state index in [4.69, 9.17) is 34.8 Å². The Morgan fingerprint density at radius 1 is 1.29 bits per heavy atom. The average Bonchev–Trinajstić information content (AvgIpc) is 2.85. The first kappa shape index (κ1) is 16.2. The predicted octanol–water partition coefficient (Wildman–Crippen LogP) is 4.26. The summed E-state index contributed by atoms with van der Waals surface area (Å²) in [6.45, 7) is -0.396. The van der Waals surface area contributed by atoms with E-state index in [-0.39, 0.29) is 10.9 Å². The third-order valence-corrected chi connectivity index (χ3v) is 3.31. The van der Waals surface area contributed by atoms with Crippen LogP contribution < -0.4 is 5.32 Å². The van der Waals surface area contributed by atoms with Crippen LogP contribution in [0.3, 0.4) is 0 Å². The summed E-state index contributed by atoms with van der Waals surface area (Å²) in [4.78, 5) is 11.4. The molecule has 0 spiro atoms. The van der Waals surface area contributed by atoms with Crippen molar-refractivity contribution in [1.29, 1.82) is 0 Å². The minimum atomic E-state index is -1.68. The summed E-state index contributed by atoms with van der Waals surface area (Å²) in [5, 5.41) is 10.7. The highest BCUT2D eigenvalue weighted by Gasteiger charge is 2.22. The highest BCUT2D eigenvalue weighted by molar-refractivity contribution is 7.18. The van der Waals surface area contributed by atoms with Crippen molar-refractivity contribution in [3.63, 3.8) is 0 Å². The molecule has 0 aliphatic rings. The number of ether oxygens (including phenoxy) is 1. The molecule has 1 amide bonds. The molecule has 0 saturated carbocycles. The normalized spacial score (nSPS) is 11.2. The highest BCUT2D eigenvalue weighted by atomic mass is 35.6. The monoisotopic (exact) mass is 369 g/mol. The third-order valence-electron chi connectivity index (χ3n) is 2.09. The minimum absolute atomic E-state index is 0.212. The lowest BCUT2D eigenvalue weighted by molar-refractivity contribution is 0.164. The van der Waals surface area contributed by atoms with Gasteiger partial charge in [-0.3, -0.25) is 5.32 Å². The number of hydrogen-bond acceptors (Lipinski definition) is 5. The molecule has 0 radical (unpaired) electrons. The molecule has 10 heteroatoms. The number of rotatable bonds is 3. The Bertz CT molecular complexity index is 630. The first-order valence-electron chi connectivity index (χ1n) is 5.43. The second-order valence-electron chi connectivity index (χ2n) is 3.74. The Morgan fingerprint density at radius 2 is 1.95 bits per heavy atom. The molecule has 1 aromatic heterocycles. The molecule has 0 aliphatic carbocycles. The third kappa shape index (κ3) is 5.28. The number of carbonyl (C=O) groups excluding carboxylic acids is 1. The number of hydrogen-bond donors (Lipinski definition) is 1. The van der Waals surface area contributed by atoms with Gasteiger partial charge in [-0.1, -0.05) is 46.1 Å². The molecule has 0 bridgehead atoms. The molecule has 1 aromatic carbocycles. The van der Waals surface area contributed by atoms with Crippen LogP contribution in [0.25, 0.3) is 10.6 Å². The highest BCUT2D eigenvalue weighted by Crippen LogP contribution is 2.28. The van der Waals surface area contributed by atoms with E-state index in [0.717, 1.165) is 11.3 Å². The molecule has 21 heavy (non-hydrogen) atoms. The molecule has 0 fully saturated rings. The lowest BCUT2D eigenvalue weighted by Gasteiger charge is -2.10. The molecular weight excluding hydrogens is 364 g/mol. The largest absolute Gasteiger partial charge is 0.445 e. The van der Waals surface area contributed by atoms with Gasteiger partial charge in [0, 0.05) is 5.56 Å². The van der Waals surface area contributed by atoms with Gasteiger partial charge in [-0.25, -0.2) is 9.18 Å². The zero-order valence-corrected chi connectivity index (χ0v) is 13.2. The van der Waals surface area contributed by atoms with Gasteiger partial charge in [-0.15, -0.1) is 10.2 Å². The Labute approximate surface area is 138 Å². The maximum atomic E-state index is 12.8. The number of benzene rings is 1. The number of nitrogens with zero attached hydrogens (tertiary/aromatic N) is 2. The predicted molar refractivity (Wildman–Crippen MR) is 80.6 cm³/mol. The summed E-state index contributed by atoms with van der Waals surface area (Å²) < 4.78 is 15.8. The van der Waals surface area contributed by atoms with E-state index < -0.39 is 16.5 Å². The van der Waals surface area contributed by atoms with Gasteiger partial charge in [0.15, 0.2) is 0 Å². The van der Waals surface area contributed by atoms with Gasteiger partial charge in [0.05, 0.1) is 0 Å². The van der Waals surface area contributed by atoms with Gasteiger partial charge < -0.3 is 4.74 Å². The Balaban J connectivity index is 1.97. The molecule has 0 aliphatic heterocycles. The summed E-state index contributed by atoms with van der Waals surface area (Å²) in [6, 6.07) is 5.72. The van der Waals surface area contributed by atoms with Crippen molar-refractivity contribution in [3.05, 3.63) is 30.1 Å². The van der Waals surface area contributed by atoms with Crippen LogP contribution in [-0.4, -0.2) is 26.7 Å². The SMILES string of the molecule is O=C(Nc1nnc(-c2ccc(F)cc2)s1)OCC(Cl)(Cl)Cl. The van der Waals surface area contributed by atoms with E-state index in [1.165, 1.54) is 12.1 Å². The first-order chi connectivity index (χ1) is 9.83. The van der Waals surface area contributed by atoms with E-state index in [2.05, 4.69) is 20.3 Å². The zero-order chi connectivity index (χ0) is 15.5. The molecule has 1 N–H and O–H groups in total. The second kappa shape index (κ2) is 6.74. The zero-order valence-electron chi connectivity index (χ0n) is 10.1. The van der Waals surface area contributed by atoms with Gasteiger partial charge >= 0.3 is 6.09 Å². The molecule has 1 heterocycles. The fraction of sp³-hybridized carbons (Fsp3) is 0.182. The van der Waals surface area contributed by atoms with Crippen molar-refractivity contribution >= 4 is 57.4 Å². The number of nitrogens with one attached hydrogen (secondary N) is 1. The lowest BCUT2D eigenvalue weighted by atomic mass is 10.2. The van der Waals surface area contributed by atoms with Crippen molar-refractivity contribution in [2.75, 3.05) is 11.9 Å². The first-order valence-corrected chi connectivity index (χ1v) is 7.38. The molecule has 0 atom stereocenters. The maximum Gasteiger partial charge on any atom is 0.413 e. The fourth-order valence-corrected chi connectivity index (χ4v) is 2.15. The van der Waals surface area contributed by atoms with Crippen LogP contribution in [0.2, 0.25) is 0 Å². The van der Waals surface area contributed by atoms with E-state index in [0.29, 0.717) is 10.6 Å². The molecule has 2 rings (SSSR count). The van der Waals surface area contributed by atoms with E-state index >= 15 is 0 Å². The number of aromatic nitrogens is 2. The quantitative estimate of drug-likeness (QED) is 0.820. The van der Waals surface area contributed by atoms with Crippen LogP contribution in [0.5, 0.6) is 0 Å². The number of alkyl halides is 3. The fourth-order valence-electron chi connectivity index (χ4n) is 1.25. The van der Waals surface area contributed by atoms with Gasteiger partial charge in [-0.05, 0) is 24.3 Å². The average molecular weight is 371 g/mol. The smallest absolute Gasteiger partial charge is 0.413 e. The van der Waals surface area contributed by atoms with Gasteiger partial charge in [-0.2, -0.15) is 0 Å². The summed E-state index contributed by atoms with van der Waals surface area (Å²) in [5.41, 5.74) is 0.677. The van der Waals surface area contributed by atoms with Gasteiger partial charge in [0.25, 0.3) is 0 Å². The van der Waals surface area contributed by atoms with Crippen LogP contribution in [0.1, 0.15) is 0 Å². The molecular formula is C11H7Cl3FN3O2S. The molecule has 5 nitrogen and oxygen atoms in total. The number of anilines is 1. The van der Waals surface area contributed by atoms with Crippen LogP contribution in [0.4, 0.5) is 14.3 Å². The van der Waals surface area contributed by atoms with Crippen molar-refractivity contribution in [2.24, 2.45) is 0 Å². The Morgan fingerprint density at radius 3 is 2.57 bits per heavy atom. The van der Waals surface area contributed by atoms with Gasteiger partial charge in [0.2, 0.25) is 8.92 Å². The van der Waals surface area contributed by atoms with Crippen LogP contribution in [0, 0.1) is 5.82 Å². The molecule has 0 unspecified atom stereocenters. The molecule has 2 aromatic rings. The van der Waals surface area contributed by atoms with Crippen molar-refractivity contribution in [3.8, 4) is 10.6 Å². The van der Waals surface area contributed by atoms with E-state index in [1.54, 1.807) is 12.1 Å². The standard InChI is InChI=1S/C11H7Cl3FN3O2S/c12-11(13,14)5-20-10(19)16-9-18-17-8(21-9)6-1-3-7(15)4-2-6/h1-4H,5H2,(H,16,18,19). The molecule has 0 saturated heterocycles. The van der Waals surface area contributed by atoms with Crippen molar-refractivity contribution < 1.29 is 13.9 Å².